The Balaban J connectivity index is 1.29. The number of nitrogens with one attached hydrogen (secondary N) is 1. The Morgan fingerprint density at radius 2 is 1.92 bits per heavy atom. The molecule has 0 atom stereocenters. The summed E-state index contributed by atoms with van der Waals surface area (Å²) in [5.74, 6) is 2.23. The fourth-order valence-electron chi connectivity index (χ4n) is 3.62. The second-order valence-corrected chi connectivity index (χ2v) is 9.58. The topological polar surface area (TPSA) is 95.1 Å². The first kappa shape index (κ1) is 23.8. The molecule has 5 aromatic rings. The molecule has 10 heteroatoms. The minimum Gasteiger partial charge on any atom is -0.495 e. The first-order valence-corrected chi connectivity index (χ1v) is 13.1. The van der Waals surface area contributed by atoms with Crippen molar-refractivity contribution in [3.63, 3.8) is 0 Å². The van der Waals surface area contributed by atoms with Crippen LogP contribution in [0.15, 0.2) is 87.9 Å². The van der Waals surface area contributed by atoms with Crippen LogP contribution in [0.3, 0.4) is 0 Å². The van der Waals surface area contributed by atoms with Crippen molar-refractivity contribution in [2.75, 3.05) is 13.7 Å². The van der Waals surface area contributed by atoms with Gasteiger partial charge in [-0.25, -0.2) is 4.98 Å². The van der Waals surface area contributed by atoms with Gasteiger partial charge in [-0.1, -0.05) is 54.2 Å². The normalized spacial score (nSPS) is 10.9. The number of rotatable bonds is 10. The molecule has 0 saturated heterocycles. The van der Waals surface area contributed by atoms with Crippen molar-refractivity contribution < 1.29 is 13.9 Å². The molecule has 1 amide bonds. The number of aromatic nitrogens is 4. The number of amides is 1. The Kier molecular flexibility index (Phi) is 7.44. The quantitative estimate of drug-likeness (QED) is 0.253. The summed E-state index contributed by atoms with van der Waals surface area (Å²) in [5, 5.41) is 15.0. The lowest BCUT2D eigenvalue weighted by Crippen LogP contribution is -2.26. The zero-order valence-corrected chi connectivity index (χ0v) is 21.1. The highest BCUT2D eigenvalue weighted by Crippen LogP contribution is 2.34. The van der Waals surface area contributed by atoms with E-state index in [4.69, 9.17) is 9.15 Å². The average Bonchev–Trinajstić information content (AvgIpc) is 3.69. The second-order valence-electron chi connectivity index (χ2n) is 7.70. The van der Waals surface area contributed by atoms with E-state index in [9.17, 15) is 4.79 Å². The highest BCUT2D eigenvalue weighted by molar-refractivity contribution is 7.98. The highest BCUT2D eigenvalue weighted by Gasteiger charge is 2.21. The number of hydrogen-bond donors (Lipinski definition) is 1. The molecule has 0 unspecified atom stereocenters. The minimum absolute atomic E-state index is 0.171. The molecule has 3 heterocycles. The molecular weight excluding hydrogens is 494 g/mol. The molecule has 2 aromatic carbocycles. The SMILES string of the molecule is COc1ccccc1-n1c(SCc2nc(C(=O)NCCc3ccccc3)cs2)nnc1-c1ccco1. The summed E-state index contributed by atoms with van der Waals surface area (Å²) >= 11 is 2.93. The molecule has 8 nitrogen and oxygen atoms in total. The van der Waals surface area contributed by atoms with Gasteiger partial charge in [0.2, 0.25) is 5.82 Å². The third kappa shape index (κ3) is 5.34. The number of hydrogen-bond acceptors (Lipinski definition) is 8. The number of thiazole rings is 1. The van der Waals surface area contributed by atoms with Gasteiger partial charge in [-0.2, -0.15) is 0 Å². The predicted octanol–water partition coefficient (Wildman–Crippen LogP) is 5.26. The van der Waals surface area contributed by atoms with Crippen LogP contribution < -0.4 is 10.1 Å². The maximum atomic E-state index is 12.5. The molecule has 0 bridgehead atoms. The van der Waals surface area contributed by atoms with E-state index in [-0.39, 0.29) is 5.91 Å². The van der Waals surface area contributed by atoms with Gasteiger partial charge < -0.3 is 14.5 Å². The van der Waals surface area contributed by atoms with Crippen molar-refractivity contribution in [3.8, 4) is 23.0 Å². The molecular formula is C26H23N5O3S2. The van der Waals surface area contributed by atoms with E-state index in [1.807, 2.05) is 71.3 Å². The number of furan rings is 1. The van der Waals surface area contributed by atoms with E-state index in [1.54, 1.807) is 18.8 Å². The van der Waals surface area contributed by atoms with Crippen molar-refractivity contribution in [1.82, 2.24) is 25.1 Å². The van der Waals surface area contributed by atoms with Crippen LogP contribution in [0.2, 0.25) is 0 Å². The lowest BCUT2D eigenvalue weighted by molar-refractivity contribution is 0.0949. The Bertz CT molecular complexity index is 1430. The second kappa shape index (κ2) is 11.2. The summed E-state index contributed by atoms with van der Waals surface area (Å²) in [6.07, 6.45) is 2.38. The van der Waals surface area contributed by atoms with Gasteiger partial charge in [0, 0.05) is 11.9 Å². The van der Waals surface area contributed by atoms with Gasteiger partial charge in [0.15, 0.2) is 10.9 Å². The standard InChI is InChI=1S/C26H23N5O3S2/c1-33-21-11-6-5-10-20(21)31-24(22-12-7-15-34-22)29-30-26(31)36-17-23-28-19(16-35-23)25(32)27-14-13-18-8-3-2-4-9-18/h2-12,15-16H,13-14,17H2,1H3,(H,27,32). The van der Waals surface area contributed by atoms with Crippen LogP contribution in [-0.4, -0.2) is 39.3 Å². The number of carbonyl (C=O) groups excluding carboxylic acids is 1. The number of nitrogens with zero attached hydrogens (tertiary/aromatic N) is 4. The van der Waals surface area contributed by atoms with Crippen molar-refractivity contribution >= 4 is 29.0 Å². The zero-order valence-electron chi connectivity index (χ0n) is 19.5. The van der Waals surface area contributed by atoms with Crippen molar-refractivity contribution in [2.45, 2.75) is 17.3 Å². The molecule has 0 aliphatic heterocycles. The van der Waals surface area contributed by atoms with Crippen molar-refractivity contribution in [3.05, 3.63) is 94.6 Å². The molecule has 36 heavy (non-hydrogen) atoms. The number of benzene rings is 2. The van der Waals surface area contributed by atoms with Gasteiger partial charge in [0.25, 0.3) is 5.91 Å². The molecule has 1 N–H and O–H groups in total. The van der Waals surface area contributed by atoms with Crippen LogP contribution in [0.4, 0.5) is 0 Å². The van der Waals surface area contributed by atoms with E-state index in [0.717, 1.165) is 17.1 Å². The predicted molar refractivity (Wildman–Crippen MR) is 140 cm³/mol. The molecule has 0 aliphatic rings. The lowest BCUT2D eigenvalue weighted by Gasteiger charge is -2.12. The smallest absolute Gasteiger partial charge is 0.270 e. The number of ether oxygens (including phenoxy) is 1. The van der Waals surface area contributed by atoms with Crippen LogP contribution in [0, 0.1) is 0 Å². The van der Waals surface area contributed by atoms with E-state index in [0.29, 0.717) is 40.5 Å². The molecule has 5 rings (SSSR count). The van der Waals surface area contributed by atoms with Crippen molar-refractivity contribution in [1.29, 1.82) is 0 Å². The first-order valence-electron chi connectivity index (χ1n) is 11.2. The summed E-state index contributed by atoms with van der Waals surface area (Å²) in [5.41, 5.74) is 2.41. The zero-order chi connectivity index (χ0) is 24.7. The number of methoxy groups -OCH3 is 1. The summed E-state index contributed by atoms with van der Waals surface area (Å²) in [6.45, 7) is 0.558. The molecule has 0 fully saturated rings. The van der Waals surface area contributed by atoms with Crippen LogP contribution >= 0.6 is 23.1 Å². The van der Waals surface area contributed by atoms with Gasteiger partial charge in [0.1, 0.15) is 16.5 Å². The fraction of sp³-hybridized carbons (Fsp3) is 0.154. The maximum absolute atomic E-state index is 12.5. The third-order valence-corrected chi connectivity index (χ3v) is 7.32. The van der Waals surface area contributed by atoms with Gasteiger partial charge in [0.05, 0.1) is 24.8 Å². The van der Waals surface area contributed by atoms with Crippen LogP contribution in [0.5, 0.6) is 5.75 Å². The molecule has 0 saturated carbocycles. The Hall–Kier alpha value is -3.89. The first-order chi connectivity index (χ1) is 17.7. The van der Waals surface area contributed by atoms with Gasteiger partial charge in [-0.05, 0) is 36.2 Å². The molecule has 182 valence electrons. The maximum Gasteiger partial charge on any atom is 0.270 e. The van der Waals surface area contributed by atoms with E-state index in [1.165, 1.54) is 28.7 Å². The molecule has 3 aromatic heterocycles. The highest BCUT2D eigenvalue weighted by atomic mass is 32.2. The molecule has 0 radical (unpaired) electrons. The molecule has 0 aliphatic carbocycles. The monoisotopic (exact) mass is 517 g/mol. The third-order valence-electron chi connectivity index (χ3n) is 5.35. The van der Waals surface area contributed by atoms with Gasteiger partial charge in [-0.3, -0.25) is 9.36 Å². The fourth-order valence-corrected chi connectivity index (χ4v) is 5.36. The van der Waals surface area contributed by atoms with Crippen LogP contribution in [0.25, 0.3) is 17.3 Å². The summed E-state index contributed by atoms with van der Waals surface area (Å²) < 4.78 is 13.1. The minimum atomic E-state index is -0.171. The van der Waals surface area contributed by atoms with Gasteiger partial charge >= 0.3 is 0 Å². The largest absolute Gasteiger partial charge is 0.495 e. The van der Waals surface area contributed by atoms with E-state index < -0.39 is 0 Å². The molecule has 0 spiro atoms. The van der Waals surface area contributed by atoms with Crippen LogP contribution in [0.1, 0.15) is 21.1 Å². The average molecular weight is 518 g/mol. The summed E-state index contributed by atoms with van der Waals surface area (Å²) in [7, 11) is 1.63. The Morgan fingerprint density at radius 1 is 1.08 bits per heavy atom. The number of para-hydroxylation sites is 2. The van der Waals surface area contributed by atoms with E-state index in [2.05, 4.69) is 20.5 Å². The number of carbonyl (C=O) groups is 1. The van der Waals surface area contributed by atoms with Crippen LogP contribution in [-0.2, 0) is 12.2 Å². The van der Waals surface area contributed by atoms with Gasteiger partial charge in [-0.15, -0.1) is 21.5 Å². The summed E-state index contributed by atoms with van der Waals surface area (Å²) in [6, 6.07) is 21.4. The Morgan fingerprint density at radius 3 is 2.72 bits per heavy atom. The summed E-state index contributed by atoms with van der Waals surface area (Å²) in [4.78, 5) is 17.1. The van der Waals surface area contributed by atoms with E-state index >= 15 is 0 Å². The number of thioether (sulfide) groups is 1. The van der Waals surface area contributed by atoms with Crippen molar-refractivity contribution in [2.24, 2.45) is 0 Å². The Labute approximate surface area is 216 Å². The lowest BCUT2D eigenvalue weighted by atomic mass is 10.1.